The monoisotopic (exact) mass is 337 g/mol. The van der Waals surface area contributed by atoms with Crippen molar-refractivity contribution in [3.63, 3.8) is 0 Å². The van der Waals surface area contributed by atoms with E-state index in [-0.39, 0.29) is 5.91 Å². The fraction of sp³-hybridized carbons (Fsp3) is 0.421. The van der Waals surface area contributed by atoms with Gasteiger partial charge in [-0.05, 0) is 30.7 Å². The van der Waals surface area contributed by atoms with Crippen molar-refractivity contribution in [2.24, 2.45) is 0 Å². The van der Waals surface area contributed by atoms with Crippen LogP contribution in [-0.4, -0.2) is 64.9 Å². The molecule has 1 aromatic heterocycles. The zero-order valence-corrected chi connectivity index (χ0v) is 14.6. The minimum Gasteiger partial charge on any atom is -0.335 e. The fourth-order valence-corrected chi connectivity index (χ4v) is 3.57. The summed E-state index contributed by atoms with van der Waals surface area (Å²) in [7, 11) is 0. The predicted molar refractivity (Wildman–Crippen MR) is 97.2 cm³/mol. The van der Waals surface area contributed by atoms with Crippen molar-refractivity contribution in [1.82, 2.24) is 19.8 Å². The molecule has 0 atom stereocenters. The van der Waals surface area contributed by atoms with E-state index in [1.54, 1.807) is 12.3 Å². The quantitative estimate of drug-likeness (QED) is 0.857. The number of carbonyl (C=O) groups excluding carboxylic acids is 1. The lowest BCUT2D eigenvalue weighted by molar-refractivity contribution is 0.0637. The van der Waals surface area contributed by atoms with Crippen LogP contribution in [-0.2, 0) is 6.42 Å². The summed E-state index contributed by atoms with van der Waals surface area (Å²) in [6.45, 7) is 7.43. The van der Waals surface area contributed by atoms with Gasteiger partial charge >= 0.3 is 0 Å². The first-order valence-electron chi connectivity index (χ1n) is 8.96. The van der Waals surface area contributed by atoms with Crippen LogP contribution in [0.1, 0.15) is 23.0 Å². The summed E-state index contributed by atoms with van der Waals surface area (Å²) in [6, 6.07) is 10.0. The van der Waals surface area contributed by atoms with Crippen LogP contribution in [0.25, 0.3) is 0 Å². The minimum absolute atomic E-state index is 0.00638. The van der Waals surface area contributed by atoms with Crippen LogP contribution >= 0.6 is 0 Å². The number of carbonyl (C=O) groups is 1. The molecule has 4 rings (SSSR count). The Labute approximate surface area is 148 Å². The van der Waals surface area contributed by atoms with Gasteiger partial charge in [0.2, 0.25) is 5.95 Å². The van der Waals surface area contributed by atoms with Gasteiger partial charge in [0.15, 0.2) is 0 Å². The number of nitrogens with zero attached hydrogens (tertiary/aromatic N) is 5. The van der Waals surface area contributed by atoms with Gasteiger partial charge in [-0.25, -0.2) is 9.97 Å². The molecule has 1 fully saturated rings. The molecule has 130 valence electrons. The third kappa shape index (κ3) is 3.09. The van der Waals surface area contributed by atoms with E-state index in [9.17, 15) is 4.79 Å². The van der Waals surface area contributed by atoms with Gasteiger partial charge in [0.05, 0.1) is 0 Å². The summed E-state index contributed by atoms with van der Waals surface area (Å²) in [4.78, 5) is 28.1. The lowest BCUT2D eigenvalue weighted by Gasteiger charge is -2.33. The molecule has 2 aromatic rings. The van der Waals surface area contributed by atoms with Gasteiger partial charge in [-0.2, -0.15) is 0 Å². The Morgan fingerprint density at radius 2 is 1.88 bits per heavy atom. The van der Waals surface area contributed by atoms with E-state index in [1.807, 2.05) is 11.0 Å². The van der Waals surface area contributed by atoms with Crippen LogP contribution < -0.4 is 4.90 Å². The number of rotatable bonds is 3. The molecule has 1 aromatic carbocycles. The normalized spacial score (nSPS) is 17.6. The van der Waals surface area contributed by atoms with E-state index in [1.165, 1.54) is 5.56 Å². The standard InChI is InChI=1S/C19H23N5O/c1-2-22-11-13-23(14-12-22)18(25)16-7-9-20-19(21-16)24-10-8-15-5-3-4-6-17(15)24/h3-7,9H,2,8,10-14H2,1H3. The van der Waals surface area contributed by atoms with Crippen LogP contribution in [0.2, 0.25) is 0 Å². The molecule has 6 heteroatoms. The van der Waals surface area contributed by atoms with E-state index in [4.69, 9.17) is 0 Å². The number of benzene rings is 1. The molecule has 25 heavy (non-hydrogen) atoms. The van der Waals surface area contributed by atoms with Gasteiger partial charge in [0.25, 0.3) is 5.91 Å². The zero-order valence-electron chi connectivity index (χ0n) is 14.6. The Morgan fingerprint density at radius 1 is 1.08 bits per heavy atom. The van der Waals surface area contributed by atoms with Crippen molar-refractivity contribution in [2.45, 2.75) is 13.3 Å². The van der Waals surface area contributed by atoms with Crippen molar-refractivity contribution >= 4 is 17.5 Å². The average Bonchev–Trinajstić information content (AvgIpc) is 3.12. The third-order valence-electron chi connectivity index (χ3n) is 5.10. The maximum absolute atomic E-state index is 12.8. The Hall–Kier alpha value is -2.47. The molecule has 1 amide bonds. The summed E-state index contributed by atoms with van der Waals surface area (Å²) < 4.78 is 0. The number of piperazine rings is 1. The van der Waals surface area contributed by atoms with Crippen LogP contribution in [0.3, 0.4) is 0 Å². The molecular weight excluding hydrogens is 314 g/mol. The number of hydrogen-bond donors (Lipinski definition) is 0. The number of fused-ring (bicyclic) bond motifs is 1. The first-order valence-corrected chi connectivity index (χ1v) is 8.96. The summed E-state index contributed by atoms with van der Waals surface area (Å²) in [5.74, 6) is 0.620. The van der Waals surface area contributed by atoms with Crippen LogP contribution in [0.15, 0.2) is 36.5 Å². The Balaban J connectivity index is 1.53. The summed E-state index contributed by atoms with van der Waals surface area (Å²) >= 11 is 0. The Kier molecular flexibility index (Phi) is 4.36. The van der Waals surface area contributed by atoms with Crippen molar-refractivity contribution in [2.75, 3.05) is 44.2 Å². The maximum Gasteiger partial charge on any atom is 0.272 e. The highest BCUT2D eigenvalue weighted by Crippen LogP contribution is 2.32. The van der Waals surface area contributed by atoms with Crippen molar-refractivity contribution in [1.29, 1.82) is 0 Å². The topological polar surface area (TPSA) is 52.6 Å². The van der Waals surface area contributed by atoms with E-state index in [0.717, 1.165) is 51.4 Å². The molecule has 0 N–H and O–H groups in total. The molecule has 0 spiro atoms. The lowest BCUT2D eigenvalue weighted by atomic mass is 10.2. The molecule has 0 radical (unpaired) electrons. The molecule has 0 saturated carbocycles. The van der Waals surface area contributed by atoms with E-state index < -0.39 is 0 Å². The number of amides is 1. The van der Waals surface area contributed by atoms with E-state index >= 15 is 0 Å². The Bertz CT molecular complexity index is 770. The number of hydrogen-bond acceptors (Lipinski definition) is 5. The van der Waals surface area contributed by atoms with Crippen molar-refractivity contribution in [3.05, 3.63) is 47.8 Å². The van der Waals surface area contributed by atoms with Crippen LogP contribution in [0.5, 0.6) is 0 Å². The highest BCUT2D eigenvalue weighted by molar-refractivity contribution is 5.92. The maximum atomic E-state index is 12.8. The lowest BCUT2D eigenvalue weighted by Crippen LogP contribution is -2.48. The summed E-state index contributed by atoms with van der Waals surface area (Å²) in [5, 5.41) is 0. The van der Waals surface area contributed by atoms with Gasteiger partial charge in [0, 0.05) is 44.6 Å². The second kappa shape index (κ2) is 6.80. The third-order valence-corrected chi connectivity index (χ3v) is 5.10. The molecule has 1 saturated heterocycles. The van der Waals surface area contributed by atoms with Crippen LogP contribution in [0, 0.1) is 0 Å². The highest BCUT2D eigenvalue weighted by atomic mass is 16.2. The second-order valence-corrected chi connectivity index (χ2v) is 6.50. The fourth-order valence-electron chi connectivity index (χ4n) is 3.57. The Morgan fingerprint density at radius 3 is 2.68 bits per heavy atom. The molecule has 6 nitrogen and oxygen atoms in total. The van der Waals surface area contributed by atoms with Gasteiger partial charge in [-0.15, -0.1) is 0 Å². The van der Waals surface area contributed by atoms with Gasteiger partial charge in [-0.3, -0.25) is 4.79 Å². The number of likely N-dealkylation sites (N-methyl/N-ethyl adjacent to an activating group) is 1. The molecule has 0 unspecified atom stereocenters. The molecule has 0 bridgehead atoms. The summed E-state index contributed by atoms with van der Waals surface area (Å²) in [5.41, 5.74) is 2.93. The number of para-hydroxylation sites is 1. The van der Waals surface area contributed by atoms with Gasteiger partial charge in [0.1, 0.15) is 5.69 Å². The predicted octanol–water partition coefficient (Wildman–Crippen LogP) is 1.95. The molecule has 0 aliphatic carbocycles. The smallest absolute Gasteiger partial charge is 0.272 e. The van der Waals surface area contributed by atoms with Crippen molar-refractivity contribution < 1.29 is 4.79 Å². The molecule has 2 aliphatic heterocycles. The first-order chi connectivity index (χ1) is 12.3. The van der Waals surface area contributed by atoms with Crippen LogP contribution in [0.4, 0.5) is 11.6 Å². The van der Waals surface area contributed by atoms with Crippen molar-refractivity contribution in [3.8, 4) is 0 Å². The van der Waals surface area contributed by atoms with Gasteiger partial charge in [-0.1, -0.05) is 25.1 Å². The number of anilines is 2. The van der Waals surface area contributed by atoms with E-state index in [2.05, 4.69) is 44.9 Å². The molecular formula is C19H23N5O. The largest absolute Gasteiger partial charge is 0.335 e. The second-order valence-electron chi connectivity index (χ2n) is 6.50. The zero-order chi connectivity index (χ0) is 17.2. The molecule has 2 aliphatic rings. The summed E-state index contributed by atoms with van der Waals surface area (Å²) in [6.07, 6.45) is 2.68. The average molecular weight is 337 g/mol. The SMILES string of the molecule is CCN1CCN(C(=O)c2ccnc(N3CCc4ccccc43)n2)CC1. The van der Waals surface area contributed by atoms with Gasteiger partial charge < -0.3 is 14.7 Å². The molecule has 3 heterocycles. The minimum atomic E-state index is 0.00638. The first kappa shape index (κ1) is 16.0. The number of aromatic nitrogens is 2. The van der Waals surface area contributed by atoms with E-state index in [0.29, 0.717) is 11.6 Å². The highest BCUT2D eigenvalue weighted by Gasteiger charge is 2.25.